The van der Waals surface area contributed by atoms with Gasteiger partial charge in [-0.1, -0.05) is 51.5 Å². The molecule has 19 heavy (non-hydrogen) atoms. The molecular weight excluding hydrogens is 254 g/mol. The van der Waals surface area contributed by atoms with E-state index in [0.717, 1.165) is 18.6 Å². The molecule has 2 atom stereocenters. The predicted octanol–water partition coefficient (Wildman–Crippen LogP) is 3.62. The zero-order chi connectivity index (χ0) is 14.3. The molecule has 3 heteroatoms. The van der Waals surface area contributed by atoms with Crippen molar-refractivity contribution >= 4 is 10.8 Å². The van der Waals surface area contributed by atoms with Crippen molar-refractivity contribution in [3.8, 4) is 0 Å². The highest BCUT2D eigenvalue weighted by atomic mass is 32.2. The minimum atomic E-state index is -0.727. The van der Waals surface area contributed by atoms with Gasteiger partial charge in [0.05, 0.1) is 0 Å². The molecule has 0 aromatic heterocycles. The molecule has 1 aromatic carbocycles. The van der Waals surface area contributed by atoms with Crippen molar-refractivity contribution in [3.63, 3.8) is 0 Å². The van der Waals surface area contributed by atoms with Crippen molar-refractivity contribution in [3.05, 3.63) is 35.4 Å². The molecule has 0 spiro atoms. The van der Waals surface area contributed by atoms with Gasteiger partial charge in [0.2, 0.25) is 0 Å². The maximum absolute atomic E-state index is 12.0. The smallest absolute Gasteiger partial charge is 0.0434 e. The van der Waals surface area contributed by atoms with E-state index in [0.29, 0.717) is 11.7 Å². The highest BCUT2D eigenvalue weighted by Gasteiger charge is 2.13. The highest BCUT2D eigenvalue weighted by molar-refractivity contribution is 7.85. The zero-order valence-electron chi connectivity index (χ0n) is 12.6. The average Bonchev–Trinajstić information content (AvgIpc) is 2.42. The fourth-order valence-corrected chi connectivity index (χ4v) is 3.54. The van der Waals surface area contributed by atoms with E-state index in [9.17, 15) is 4.21 Å². The van der Waals surface area contributed by atoms with Gasteiger partial charge in [-0.05, 0) is 30.5 Å². The molecule has 0 amide bonds. The summed E-state index contributed by atoms with van der Waals surface area (Å²) >= 11 is 0. The third-order valence-corrected chi connectivity index (χ3v) is 4.88. The minimum Gasteiger partial charge on any atom is -0.312 e. The van der Waals surface area contributed by atoms with Crippen LogP contribution in [0.4, 0.5) is 0 Å². The monoisotopic (exact) mass is 281 g/mol. The summed E-state index contributed by atoms with van der Waals surface area (Å²) in [5, 5.41) is 3.28. The van der Waals surface area contributed by atoms with Crippen molar-refractivity contribution in [1.82, 2.24) is 5.32 Å². The van der Waals surface area contributed by atoms with Gasteiger partial charge < -0.3 is 5.32 Å². The fourth-order valence-electron chi connectivity index (χ4n) is 2.03. The molecule has 1 aromatic rings. The molecule has 1 N–H and O–H groups in total. The predicted molar refractivity (Wildman–Crippen MR) is 85.1 cm³/mol. The molecular formula is C16H27NOS. The molecule has 0 radical (unpaired) electrons. The van der Waals surface area contributed by atoms with Gasteiger partial charge in [0.25, 0.3) is 0 Å². The van der Waals surface area contributed by atoms with Crippen LogP contribution in [0.1, 0.15) is 56.7 Å². The summed E-state index contributed by atoms with van der Waals surface area (Å²) in [7, 11) is 1.22. The molecule has 1 rings (SSSR count). The Balaban J connectivity index is 2.66. The molecule has 108 valence electrons. The highest BCUT2D eigenvalue weighted by Crippen LogP contribution is 2.19. The van der Waals surface area contributed by atoms with Gasteiger partial charge in [0.1, 0.15) is 0 Å². The normalized spacial score (nSPS) is 14.6. The minimum absolute atomic E-state index is 0.193. The summed E-state index contributed by atoms with van der Waals surface area (Å²) in [5.74, 6) is 2.08. The Morgan fingerprint density at radius 1 is 1.16 bits per heavy atom. The lowest BCUT2D eigenvalue weighted by atomic mass is 10.00. The third-order valence-electron chi connectivity index (χ3n) is 3.43. The summed E-state index contributed by atoms with van der Waals surface area (Å²) < 4.78 is 12.0. The topological polar surface area (TPSA) is 29.1 Å². The second-order valence-electron chi connectivity index (χ2n) is 5.33. The first-order valence-electron chi connectivity index (χ1n) is 7.20. The molecule has 0 saturated carbocycles. The van der Waals surface area contributed by atoms with Crippen LogP contribution in [-0.2, 0) is 10.8 Å². The van der Waals surface area contributed by atoms with Gasteiger partial charge in [-0.15, -0.1) is 0 Å². The second-order valence-corrected chi connectivity index (χ2v) is 6.95. The van der Waals surface area contributed by atoms with Crippen molar-refractivity contribution < 1.29 is 4.21 Å². The first-order chi connectivity index (χ1) is 9.08. The van der Waals surface area contributed by atoms with Crippen LogP contribution in [0, 0.1) is 0 Å². The lowest BCUT2D eigenvalue weighted by Crippen LogP contribution is -2.23. The Morgan fingerprint density at radius 2 is 1.74 bits per heavy atom. The summed E-state index contributed by atoms with van der Waals surface area (Å²) in [4.78, 5) is 0. The van der Waals surface area contributed by atoms with Gasteiger partial charge in [-0.2, -0.15) is 0 Å². The Morgan fingerprint density at radius 3 is 2.21 bits per heavy atom. The van der Waals surface area contributed by atoms with E-state index in [1.165, 1.54) is 11.1 Å². The summed E-state index contributed by atoms with van der Waals surface area (Å²) in [5.41, 5.74) is 2.59. The van der Waals surface area contributed by atoms with E-state index >= 15 is 0 Å². The van der Waals surface area contributed by atoms with Crippen molar-refractivity contribution in [1.29, 1.82) is 0 Å². The Kier molecular flexibility index (Phi) is 7.32. The van der Waals surface area contributed by atoms with Crippen LogP contribution in [0.2, 0.25) is 0 Å². The molecule has 2 nitrogen and oxygen atoms in total. The maximum Gasteiger partial charge on any atom is 0.0434 e. The number of hydrogen-bond donors (Lipinski definition) is 1. The Labute approximate surface area is 120 Å². The van der Waals surface area contributed by atoms with E-state index in [1.54, 1.807) is 0 Å². The van der Waals surface area contributed by atoms with Crippen molar-refractivity contribution in [2.45, 2.75) is 45.6 Å². The molecule has 0 aliphatic carbocycles. The number of nitrogens with one attached hydrogen (secondary N) is 1. The van der Waals surface area contributed by atoms with Crippen LogP contribution in [0.25, 0.3) is 0 Å². The average molecular weight is 281 g/mol. The van der Waals surface area contributed by atoms with Crippen LogP contribution in [0.5, 0.6) is 0 Å². The molecule has 0 aliphatic heterocycles. The summed E-state index contributed by atoms with van der Waals surface area (Å²) in [6, 6.07) is 8.87. The fraction of sp³-hybridized carbons (Fsp3) is 0.625. The van der Waals surface area contributed by atoms with Crippen molar-refractivity contribution in [2.75, 3.05) is 18.6 Å². The van der Waals surface area contributed by atoms with Crippen LogP contribution in [0.3, 0.4) is 0 Å². The molecule has 0 saturated heterocycles. The second kappa shape index (κ2) is 8.49. The SMILES string of the molecule is CCCCS(=O)CC(NC)c1ccc(C(C)C)cc1. The number of hydrogen-bond acceptors (Lipinski definition) is 2. The van der Waals surface area contributed by atoms with Gasteiger partial charge in [-0.25, -0.2) is 0 Å². The zero-order valence-corrected chi connectivity index (χ0v) is 13.4. The Bertz CT molecular complexity index is 386. The first kappa shape index (κ1) is 16.4. The quantitative estimate of drug-likeness (QED) is 0.788. The van der Waals surface area contributed by atoms with Crippen LogP contribution >= 0.6 is 0 Å². The summed E-state index contributed by atoms with van der Waals surface area (Å²) in [6.45, 7) is 6.53. The van der Waals surface area contributed by atoms with Crippen molar-refractivity contribution in [2.24, 2.45) is 0 Å². The van der Waals surface area contributed by atoms with Crippen LogP contribution in [0.15, 0.2) is 24.3 Å². The largest absolute Gasteiger partial charge is 0.312 e. The molecule has 2 unspecified atom stereocenters. The van der Waals surface area contributed by atoms with Gasteiger partial charge >= 0.3 is 0 Å². The van der Waals surface area contributed by atoms with Crippen LogP contribution in [-0.4, -0.2) is 22.8 Å². The third kappa shape index (κ3) is 5.45. The van der Waals surface area contributed by atoms with E-state index in [4.69, 9.17) is 0 Å². The van der Waals surface area contributed by atoms with Gasteiger partial charge in [0.15, 0.2) is 0 Å². The molecule has 0 bridgehead atoms. The van der Waals surface area contributed by atoms with Crippen LogP contribution < -0.4 is 5.32 Å². The van der Waals surface area contributed by atoms with Gasteiger partial charge in [0, 0.05) is 28.3 Å². The number of rotatable bonds is 8. The van der Waals surface area contributed by atoms with E-state index in [-0.39, 0.29) is 6.04 Å². The number of unbranched alkanes of at least 4 members (excludes halogenated alkanes) is 1. The number of benzene rings is 1. The molecule has 0 aliphatic rings. The lowest BCUT2D eigenvalue weighted by molar-refractivity contribution is 0.633. The molecule has 0 heterocycles. The maximum atomic E-state index is 12.0. The standard InChI is InChI=1S/C16H27NOS/c1-5-6-11-19(18)12-16(17-4)15-9-7-14(8-10-15)13(2)3/h7-10,13,16-17H,5-6,11-12H2,1-4H3. The van der Waals surface area contributed by atoms with E-state index in [1.807, 2.05) is 7.05 Å². The molecule has 0 fully saturated rings. The van der Waals surface area contributed by atoms with E-state index < -0.39 is 10.8 Å². The Hall–Kier alpha value is -0.670. The lowest BCUT2D eigenvalue weighted by Gasteiger charge is -2.17. The first-order valence-corrected chi connectivity index (χ1v) is 8.69. The van der Waals surface area contributed by atoms with E-state index in [2.05, 4.69) is 50.4 Å². The summed E-state index contributed by atoms with van der Waals surface area (Å²) in [6.07, 6.45) is 2.16. The van der Waals surface area contributed by atoms with Gasteiger partial charge in [-0.3, -0.25) is 4.21 Å².